The third-order valence-corrected chi connectivity index (χ3v) is 2.59. The molecule has 0 saturated heterocycles. The number of aromatic nitrogens is 2. The van der Waals surface area contributed by atoms with Crippen LogP contribution in [0.1, 0.15) is 10.4 Å². The molecule has 0 radical (unpaired) electrons. The van der Waals surface area contributed by atoms with Gasteiger partial charge in [-0.3, -0.25) is 9.59 Å². The van der Waals surface area contributed by atoms with Gasteiger partial charge < -0.3 is 4.74 Å². The van der Waals surface area contributed by atoms with Gasteiger partial charge in [0.05, 0.1) is 12.7 Å². The van der Waals surface area contributed by atoms with Crippen molar-refractivity contribution in [2.75, 3.05) is 7.11 Å². The number of hydrogen-bond acceptors (Lipinski definition) is 4. The molecule has 1 aromatic carbocycles. The normalized spacial score (nSPS) is 10.3. The highest BCUT2D eigenvalue weighted by molar-refractivity contribution is 5.96. The zero-order chi connectivity index (χ0) is 14.7. The first-order valence-corrected chi connectivity index (χ1v) is 5.62. The molecular formula is C13H10F2N2O3. The number of hydrogen-bond donors (Lipinski definition) is 0. The van der Waals surface area contributed by atoms with E-state index in [-0.39, 0.29) is 5.88 Å². The lowest BCUT2D eigenvalue weighted by molar-refractivity contribution is 0.0956. The van der Waals surface area contributed by atoms with Gasteiger partial charge in [0.1, 0.15) is 18.2 Å². The van der Waals surface area contributed by atoms with Crippen molar-refractivity contribution in [1.82, 2.24) is 9.78 Å². The van der Waals surface area contributed by atoms with Gasteiger partial charge in [-0.05, 0) is 12.1 Å². The Morgan fingerprint density at radius 2 is 1.90 bits per heavy atom. The lowest BCUT2D eigenvalue weighted by Gasteiger charge is -2.07. The monoisotopic (exact) mass is 280 g/mol. The summed E-state index contributed by atoms with van der Waals surface area (Å²) in [5, 5.41) is 3.73. The summed E-state index contributed by atoms with van der Waals surface area (Å²) < 4.78 is 32.5. The summed E-state index contributed by atoms with van der Waals surface area (Å²) in [4.78, 5) is 23.4. The minimum absolute atomic E-state index is 0.117. The summed E-state index contributed by atoms with van der Waals surface area (Å²) >= 11 is 0. The molecule has 5 nitrogen and oxygen atoms in total. The number of methoxy groups -OCH3 is 1. The van der Waals surface area contributed by atoms with Crippen LogP contribution in [0, 0.1) is 11.6 Å². The van der Waals surface area contributed by atoms with Crippen LogP contribution in [0.4, 0.5) is 8.78 Å². The van der Waals surface area contributed by atoms with Crippen molar-refractivity contribution in [2.24, 2.45) is 0 Å². The fraction of sp³-hybridized carbons (Fsp3) is 0.154. The molecule has 0 aliphatic rings. The van der Waals surface area contributed by atoms with Crippen molar-refractivity contribution in [1.29, 1.82) is 0 Å². The molecule has 20 heavy (non-hydrogen) atoms. The standard InChI is InChI=1S/C13H10F2N2O3/c1-20-11-5-6-12(19)17(16-11)7-10(18)13-8(14)3-2-4-9(13)15/h2-6H,7H2,1H3. The molecule has 0 atom stereocenters. The number of halogens is 2. The lowest BCUT2D eigenvalue weighted by atomic mass is 10.1. The largest absolute Gasteiger partial charge is 0.480 e. The van der Waals surface area contributed by atoms with Crippen LogP contribution in [0.25, 0.3) is 0 Å². The molecule has 0 amide bonds. The van der Waals surface area contributed by atoms with Crippen molar-refractivity contribution >= 4 is 5.78 Å². The predicted molar refractivity (Wildman–Crippen MR) is 65.7 cm³/mol. The van der Waals surface area contributed by atoms with E-state index < -0.39 is 35.1 Å². The molecular weight excluding hydrogens is 270 g/mol. The van der Waals surface area contributed by atoms with E-state index in [4.69, 9.17) is 4.74 Å². The van der Waals surface area contributed by atoms with E-state index in [2.05, 4.69) is 5.10 Å². The Kier molecular flexibility index (Phi) is 3.88. The quantitative estimate of drug-likeness (QED) is 0.794. The van der Waals surface area contributed by atoms with Crippen molar-refractivity contribution in [2.45, 2.75) is 6.54 Å². The zero-order valence-corrected chi connectivity index (χ0v) is 10.5. The number of Topliss-reactive ketones (excluding diaryl/α,β-unsaturated/α-hetero) is 1. The van der Waals surface area contributed by atoms with E-state index in [1.807, 2.05) is 0 Å². The van der Waals surface area contributed by atoms with Gasteiger partial charge in [-0.1, -0.05) is 6.07 Å². The van der Waals surface area contributed by atoms with Gasteiger partial charge in [0.25, 0.3) is 5.56 Å². The van der Waals surface area contributed by atoms with Gasteiger partial charge >= 0.3 is 0 Å². The Balaban J connectivity index is 2.35. The molecule has 0 saturated carbocycles. The number of ketones is 1. The maximum atomic E-state index is 13.5. The molecule has 0 aliphatic heterocycles. The van der Waals surface area contributed by atoms with Gasteiger partial charge in [-0.25, -0.2) is 13.5 Å². The third-order valence-electron chi connectivity index (χ3n) is 2.59. The topological polar surface area (TPSA) is 61.2 Å². The van der Waals surface area contributed by atoms with Gasteiger partial charge in [-0.15, -0.1) is 5.10 Å². The number of benzene rings is 1. The summed E-state index contributed by atoms with van der Waals surface area (Å²) in [6, 6.07) is 5.57. The van der Waals surface area contributed by atoms with Gasteiger partial charge in [0, 0.05) is 12.1 Å². The lowest BCUT2D eigenvalue weighted by Crippen LogP contribution is -2.27. The van der Waals surface area contributed by atoms with Crippen molar-refractivity contribution < 1.29 is 18.3 Å². The molecule has 2 rings (SSSR count). The maximum absolute atomic E-state index is 13.5. The SMILES string of the molecule is COc1ccc(=O)n(CC(=O)c2c(F)cccc2F)n1. The first kappa shape index (κ1) is 13.9. The molecule has 0 N–H and O–H groups in total. The number of carbonyl (C=O) groups is 1. The van der Waals surface area contributed by atoms with Crippen LogP contribution >= 0.6 is 0 Å². The Morgan fingerprint density at radius 1 is 1.25 bits per heavy atom. The van der Waals surface area contributed by atoms with Crippen LogP contribution in [-0.2, 0) is 6.54 Å². The summed E-state index contributed by atoms with van der Waals surface area (Å²) in [5.74, 6) is -2.73. The summed E-state index contributed by atoms with van der Waals surface area (Å²) in [7, 11) is 1.34. The highest BCUT2D eigenvalue weighted by Gasteiger charge is 2.18. The van der Waals surface area contributed by atoms with Crippen LogP contribution in [-0.4, -0.2) is 22.7 Å². The van der Waals surface area contributed by atoms with E-state index >= 15 is 0 Å². The highest BCUT2D eigenvalue weighted by atomic mass is 19.1. The second-order valence-electron chi connectivity index (χ2n) is 3.89. The van der Waals surface area contributed by atoms with Crippen LogP contribution < -0.4 is 10.3 Å². The third kappa shape index (κ3) is 2.71. The molecule has 104 valence electrons. The fourth-order valence-electron chi connectivity index (χ4n) is 1.63. The first-order valence-electron chi connectivity index (χ1n) is 5.62. The van der Waals surface area contributed by atoms with E-state index in [1.165, 1.54) is 13.2 Å². The smallest absolute Gasteiger partial charge is 0.267 e. The van der Waals surface area contributed by atoms with Gasteiger partial charge in [0.15, 0.2) is 5.78 Å². The minimum atomic E-state index is -0.981. The van der Waals surface area contributed by atoms with Gasteiger partial charge in [0.2, 0.25) is 5.88 Å². The molecule has 0 fully saturated rings. The Labute approximate surface area is 112 Å². The number of ether oxygens (including phenoxy) is 1. The second-order valence-corrected chi connectivity index (χ2v) is 3.89. The van der Waals surface area contributed by atoms with Crippen LogP contribution in [0.2, 0.25) is 0 Å². The van der Waals surface area contributed by atoms with Crippen LogP contribution in [0.5, 0.6) is 5.88 Å². The van der Waals surface area contributed by atoms with Crippen LogP contribution in [0.3, 0.4) is 0 Å². The van der Waals surface area contributed by atoms with Crippen molar-refractivity contribution in [3.05, 3.63) is 57.9 Å². The van der Waals surface area contributed by atoms with Gasteiger partial charge in [-0.2, -0.15) is 0 Å². The fourth-order valence-corrected chi connectivity index (χ4v) is 1.63. The summed E-state index contributed by atoms with van der Waals surface area (Å²) in [6.07, 6.45) is 0. The number of nitrogens with zero attached hydrogens (tertiary/aromatic N) is 2. The number of carbonyl (C=O) groups excluding carboxylic acids is 1. The molecule has 0 unspecified atom stereocenters. The predicted octanol–water partition coefficient (Wildman–Crippen LogP) is 1.41. The summed E-state index contributed by atoms with van der Waals surface area (Å²) in [6.45, 7) is -0.576. The molecule has 1 heterocycles. The summed E-state index contributed by atoms with van der Waals surface area (Å²) in [5.41, 5.74) is -1.26. The Bertz CT molecular complexity index is 693. The average Bonchev–Trinajstić information content (AvgIpc) is 2.41. The van der Waals surface area contributed by atoms with Crippen molar-refractivity contribution in [3.8, 4) is 5.88 Å². The van der Waals surface area contributed by atoms with E-state index in [1.54, 1.807) is 0 Å². The molecule has 2 aromatic rings. The first-order chi connectivity index (χ1) is 9.52. The molecule has 0 spiro atoms. The van der Waals surface area contributed by atoms with E-state index in [0.717, 1.165) is 28.9 Å². The molecule has 0 bridgehead atoms. The van der Waals surface area contributed by atoms with E-state index in [9.17, 15) is 18.4 Å². The number of rotatable bonds is 4. The maximum Gasteiger partial charge on any atom is 0.267 e. The minimum Gasteiger partial charge on any atom is -0.480 e. The molecule has 1 aromatic heterocycles. The van der Waals surface area contributed by atoms with Crippen molar-refractivity contribution in [3.63, 3.8) is 0 Å². The van der Waals surface area contributed by atoms with E-state index in [0.29, 0.717) is 0 Å². The van der Waals surface area contributed by atoms with Crippen LogP contribution in [0.15, 0.2) is 35.1 Å². The Morgan fingerprint density at radius 3 is 2.50 bits per heavy atom. The second kappa shape index (κ2) is 5.60. The Hall–Kier alpha value is -2.57. The molecule has 7 heteroatoms. The highest BCUT2D eigenvalue weighted by Crippen LogP contribution is 2.13. The molecule has 0 aliphatic carbocycles. The zero-order valence-electron chi connectivity index (χ0n) is 10.5. The average molecular weight is 280 g/mol.